The van der Waals surface area contributed by atoms with Gasteiger partial charge < -0.3 is 10.0 Å². The van der Waals surface area contributed by atoms with Gasteiger partial charge in [0.15, 0.2) is 0 Å². The maximum Gasteiger partial charge on any atom is 0.255 e. The minimum atomic E-state index is -0.109. The van der Waals surface area contributed by atoms with Gasteiger partial charge in [-0.05, 0) is 31.4 Å². The molecule has 0 spiro atoms. The van der Waals surface area contributed by atoms with Crippen LogP contribution in [0.25, 0.3) is 0 Å². The van der Waals surface area contributed by atoms with Crippen molar-refractivity contribution < 1.29 is 9.90 Å². The van der Waals surface area contributed by atoms with E-state index < -0.39 is 0 Å². The normalized spacial score (nSPS) is 12.2. The van der Waals surface area contributed by atoms with Crippen LogP contribution in [0.5, 0.6) is 5.75 Å². The highest BCUT2D eigenvalue weighted by molar-refractivity contribution is 7.98. The molecule has 0 bridgehead atoms. The van der Waals surface area contributed by atoms with Crippen LogP contribution >= 0.6 is 11.8 Å². The first kappa shape index (κ1) is 13.8. The second-order valence-corrected chi connectivity index (χ2v) is 4.96. The summed E-state index contributed by atoms with van der Waals surface area (Å²) in [5.41, 5.74) is 0.420. The molecule has 0 aliphatic rings. The predicted octanol–water partition coefficient (Wildman–Crippen LogP) is 2.00. The Kier molecular flexibility index (Phi) is 5.28. The van der Waals surface area contributed by atoms with Crippen LogP contribution in [0.2, 0.25) is 0 Å². The molecule has 1 heterocycles. The Labute approximate surface area is 106 Å². The van der Waals surface area contributed by atoms with E-state index in [9.17, 15) is 9.90 Å². The van der Waals surface area contributed by atoms with Crippen LogP contribution < -0.4 is 0 Å². The zero-order chi connectivity index (χ0) is 12.8. The van der Waals surface area contributed by atoms with E-state index in [1.807, 2.05) is 13.2 Å². The summed E-state index contributed by atoms with van der Waals surface area (Å²) in [5.74, 6) is 0.930. The molecule has 0 radical (unpaired) electrons. The number of carbonyl (C=O) groups excluding carboxylic acids is 1. The van der Waals surface area contributed by atoms with E-state index in [-0.39, 0.29) is 17.7 Å². The van der Waals surface area contributed by atoms with E-state index in [0.717, 1.165) is 12.2 Å². The van der Waals surface area contributed by atoms with Gasteiger partial charge in [0.05, 0.1) is 11.8 Å². The Morgan fingerprint density at radius 2 is 2.29 bits per heavy atom. The monoisotopic (exact) mass is 254 g/mol. The molecule has 0 fully saturated rings. The Hall–Kier alpha value is -1.23. The summed E-state index contributed by atoms with van der Waals surface area (Å²) in [6.45, 7) is 2.02. The smallest absolute Gasteiger partial charge is 0.255 e. The van der Waals surface area contributed by atoms with Crippen LogP contribution in [0.15, 0.2) is 18.5 Å². The highest BCUT2D eigenvalue weighted by Crippen LogP contribution is 2.13. The fourth-order valence-electron chi connectivity index (χ4n) is 1.43. The summed E-state index contributed by atoms with van der Waals surface area (Å²) in [4.78, 5) is 17.6. The number of hydrogen-bond donors (Lipinski definition) is 1. The van der Waals surface area contributed by atoms with Gasteiger partial charge in [0.2, 0.25) is 0 Å². The van der Waals surface area contributed by atoms with E-state index >= 15 is 0 Å². The minimum Gasteiger partial charge on any atom is -0.506 e. The summed E-state index contributed by atoms with van der Waals surface area (Å²) in [7, 11) is 1.78. The van der Waals surface area contributed by atoms with Crippen molar-refractivity contribution in [2.24, 2.45) is 0 Å². The number of hydrogen-bond acceptors (Lipinski definition) is 4. The van der Waals surface area contributed by atoms with Gasteiger partial charge in [-0.25, -0.2) is 0 Å². The van der Waals surface area contributed by atoms with Gasteiger partial charge >= 0.3 is 0 Å². The molecular formula is C12H18N2O2S. The Balaban J connectivity index is 2.69. The maximum atomic E-state index is 12.1. The van der Waals surface area contributed by atoms with Crippen LogP contribution in [0.3, 0.4) is 0 Å². The lowest BCUT2D eigenvalue weighted by Gasteiger charge is -2.24. The Morgan fingerprint density at radius 3 is 2.88 bits per heavy atom. The van der Waals surface area contributed by atoms with Crippen LogP contribution in [0.4, 0.5) is 0 Å². The largest absolute Gasteiger partial charge is 0.506 e. The molecule has 17 heavy (non-hydrogen) atoms. The van der Waals surface area contributed by atoms with Crippen LogP contribution in [0, 0.1) is 0 Å². The van der Waals surface area contributed by atoms with Crippen molar-refractivity contribution in [1.82, 2.24) is 9.88 Å². The van der Waals surface area contributed by atoms with Gasteiger partial charge in [-0.1, -0.05) is 0 Å². The van der Waals surface area contributed by atoms with Crippen LogP contribution in [-0.2, 0) is 0 Å². The summed E-state index contributed by atoms with van der Waals surface area (Å²) < 4.78 is 0. The molecule has 5 heteroatoms. The zero-order valence-corrected chi connectivity index (χ0v) is 11.2. The molecule has 0 saturated heterocycles. The number of rotatable bonds is 5. The molecule has 1 aromatic heterocycles. The highest BCUT2D eigenvalue weighted by Gasteiger charge is 2.17. The average molecular weight is 254 g/mol. The standard InChI is InChI=1S/C12H18N2O2S/c1-9(4-5-17-3)14(2)12(16)10-6-11(15)8-13-7-10/h6-9,15H,4-5H2,1-3H3. The number of carbonyl (C=O) groups is 1. The fourth-order valence-corrected chi connectivity index (χ4v) is 2.01. The topological polar surface area (TPSA) is 53.4 Å². The first-order valence-electron chi connectivity index (χ1n) is 5.46. The quantitative estimate of drug-likeness (QED) is 0.873. The van der Waals surface area contributed by atoms with Gasteiger partial charge in [-0.3, -0.25) is 9.78 Å². The fraction of sp³-hybridized carbons (Fsp3) is 0.500. The number of aromatic hydroxyl groups is 1. The van der Waals surface area contributed by atoms with Gasteiger partial charge in [-0.2, -0.15) is 11.8 Å². The lowest BCUT2D eigenvalue weighted by Crippen LogP contribution is -2.35. The van der Waals surface area contributed by atoms with Crippen LogP contribution in [0.1, 0.15) is 23.7 Å². The molecule has 0 aliphatic carbocycles. The Bertz CT molecular complexity index is 385. The minimum absolute atomic E-state index is 0.0148. The second kappa shape index (κ2) is 6.49. The third-order valence-electron chi connectivity index (χ3n) is 2.69. The second-order valence-electron chi connectivity index (χ2n) is 3.98. The third kappa shape index (κ3) is 3.93. The van der Waals surface area contributed by atoms with Crippen molar-refractivity contribution in [2.75, 3.05) is 19.1 Å². The SMILES string of the molecule is CSCCC(C)N(C)C(=O)c1cncc(O)c1. The summed E-state index contributed by atoms with van der Waals surface area (Å²) in [6.07, 6.45) is 5.79. The zero-order valence-electron chi connectivity index (χ0n) is 10.4. The number of pyridine rings is 1. The first-order chi connectivity index (χ1) is 8.06. The van der Waals surface area contributed by atoms with Gasteiger partial charge in [0.1, 0.15) is 5.75 Å². The summed E-state index contributed by atoms with van der Waals surface area (Å²) in [6, 6.07) is 1.62. The van der Waals surface area contributed by atoms with Crippen molar-refractivity contribution >= 4 is 17.7 Å². The molecule has 94 valence electrons. The Morgan fingerprint density at radius 1 is 1.59 bits per heavy atom. The lowest BCUT2D eigenvalue weighted by molar-refractivity contribution is 0.0740. The maximum absolute atomic E-state index is 12.1. The number of thioether (sulfide) groups is 1. The van der Waals surface area contributed by atoms with E-state index in [2.05, 4.69) is 4.98 Å². The van der Waals surface area contributed by atoms with E-state index in [1.165, 1.54) is 18.5 Å². The molecule has 1 amide bonds. The summed E-state index contributed by atoms with van der Waals surface area (Å²) >= 11 is 1.77. The molecule has 0 saturated carbocycles. The molecule has 0 aliphatic heterocycles. The first-order valence-corrected chi connectivity index (χ1v) is 6.85. The molecule has 1 atom stereocenters. The average Bonchev–Trinajstić information content (AvgIpc) is 2.34. The molecule has 0 aromatic carbocycles. The van der Waals surface area contributed by atoms with Crippen molar-refractivity contribution in [3.63, 3.8) is 0 Å². The molecular weight excluding hydrogens is 236 g/mol. The third-order valence-corrected chi connectivity index (χ3v) is 3.34. The van der Waals surface area contributed by atoms with Crippen molar-refractivity contribution in [3.05, 3.63) is 24.0 Å². The molecule has 1 N–H and O–H groups in total. The van der Waals surface area contributed by atoms with Gasteiger partial charge in [0, 0.05) is 19.3 Å². The van der Waals surface area contributed by atoms with Crippen molar-refractivity contribution in [3.8, 4) is 5.75 Å². The van der Waals surface area contributed by atoms with Gasteiger partial charge in [-0.15, -0.1) is 0 Å². The van der Waals surface area contributed by atoms with Crippen molar-refractivity contribution in [2.45, 2.75) is 19.4 Å². The predicted molar refractivity (Wildman–Crippen MR) is 70.5 cm³/mol. The number of aromatic nitrogens is 1. The number of nitrogens with zero attached hydrogens (tertiary/aromatic N) is 2. The molecule has 1 rings (SSSR count). The molecule has 1 unspecified atom stereocenters. The van der Waals surface area contributed by atoms with E-state index in [0.29, 0.717) is 5.56 Å². The lowest BCUT2D eigenvalue weighted by atomic mass is 10.2. The highest BCUT2D eigenvalue weighted by atomic mass is 32.2. The van der Waals surface area contributed by atoms with Crippen LogP contribution in [-0.4, -0.2) is 46.0 Å². The van der Waals surface area contributed by atoms with E-state index in [4.69, 9.17) is 0 Å². The van der Waals surface area contributed by atoms with Gasteiger partial charge in [0.25, 0.3) is 5.91 Å². The van der Waals surface area contributed by atoms with Crippen molar-refractivity contribution in [1.29, 1.82) is 0 Å². The summed E-state index contributed by atoms with van der Waals surface area (Å²) in [5, 5.41) is 9.29. The van der Waals surface area contributed by atoms with E-state index in [1.54, 1.807) is 23.7 Å². The molecule has 4 nitrogen and oxygen atoms in total. The molecule has 1 aromatic rings. The number of amides is 1.